The summed E-state index contributed by atoms with van der Waals surface area (Å²) >= 11 is 2.99. The smallest absolute Gasteiger partial charge is 0.160 e. The minimum atomic E-state index is 0.745. The van der Waals surface area contributed by atoms with E-state index in [1.807, 2.05) is 24.3 Å². The molecule has 2 aromatic heterocycles. The van der Waals surface area contributed by atoms with Crippen LogP contribution in [-0.4, -0.2) is 25.7 Å². The van der Waals surface area contributed by atoms with Crippen LogP contribution in [0.3, 0.4) is 0 Å². The van der Waals surface area contributed by atoms with Gasteiger partial charge in [0.2, 0.25) is 0 Å². The minimum Gasteiger partial charge on any atom is -0.367 e. The first-order chi connectivity index (χ1) is 21.6. The molecule has 222 valence electrons. The zero-order valence-corrected chi connectivity index (χ0v) is 26.7. The molecule has 6 heteroatoms. The molecule has 0 N–H and O–H groups in total. The van der Waals surface area contributed by atoms with Crippen molar-refractivity contribution in [2.24, 2.45) is 0 Å². The lowest BCUT2D eigenvalue weighted by Gasteiger charge is -2.25. The lowest BCUT2D eigenvalue weighted by molar-refractivity contribution is 0.111. The zero-order chi connectivity index (χ0) is 30.7. The molecule has 0 saturated heterocycles. The van der Waals surface area contributed by atoms with Crippen molar-refractivity contribution < 1.29 is 9.59 Å². The van der Waals surface area contributed by atoms with Crippen molar-refractivity contribution in [1.29, 1.82) is 0 Å². The Balaban J connectivity index is 1.20. The molecule has 5 rings (SSSR count). The van der Waals surface area contributed by atoms with Crippen LogP contribution in [-0.2, 0) is 13.1 Å². The van der Waals surface area contributed by atoms with Gasteiger partial charge in [0.25, 0.3) is 0 Å². The molecule has 5 aromatic rings. The minimum absolute atomic E-state index is 0.745. The van der Waals surface area contributed by atoms with Gasteiger partial charge in [-0.2, -0.15) is 0 Å². The molecule has 0 saturated carbocycles. The second-order valence-corrected chi connectivity index (χ2v) is 12.7. The summed E-state index contributed by atoms with van der Waals surface area (Å²) in [7, 11) is 0. The SMILES string of the molecule is CCN(Cc1cccc(CN(CC)c2ccc(/C=C/c3ccc(C=O)s3)cc2)c1)c1ccc(/C=C/c2ccc(C=O)s2)cc1. The molecular formula is C38H36N2O2S2. The van der Waals surface area contributed by atoms with Crippen molar-refractivity contribution in [2.45, 2.75) is 26.9 Å². The van der Waals surface area contributed by atoms with Crippen LogP contribution < -0.4 is 9.80 Å². The first-order valence-electron chi connectivity index (χ1n) is 14.8. The van der Waals surface area contributed by atoms with Gasteiger partial charge in [0.1, 0.15) is 0 Å². The van der Waals surface area contributed by atoms with Gasteiger partial charge in [-0.3, -0.25) is 9.59 Å². The largest absolute Gasteiger partial charge is 0.367 e. The normalized spacial score (nSPS) is 11.3. The van der Waals surface area contributed by atoms with Gasteiger partial charge in [0.15, 0.2) is 12.6 Å². The Labute approximate surface area is 268 Å². The number of hydrogen-bond donors (Lipinski definition) is 0. The standard InChI is InChI=1S/C38H36N2O2S2/c1-3-39(33-14-8-29(9-15-33)12-18-35-20-22-37(27-41)43-35)25-31-6-5-7-32(24-31)26-40(4-2)34-16-10-30(11-17-34)13-19-36-21-23-38(28-42)44-36/h5-24,27-28H,3-4,25-26H2,1-2H3/b18-12+,19-13+. The number of carbonyl (C=O) groups is 2. The molecule has 0 amide bonds. The van der Waals surface area contributed by atoms with E-state index in [1.54, 1.807) is 0 Å². The number of aldehydes is 2. The molecule has 2 heterocycles. The predicted octanol–water partition coefficient (Wildman–Crippen LogP) is 9.83. The fraction of sp³-hybridized carbons (Fsp3) is 0.158. The summed E-state index contributed by atoms with van der Waals surface area (Å²) in [5.41, 5.74) is 7.24. The summed E-state index contributed by atoms with van der Waals surface area (Å²) in [6, 6.07) is 33.8. The highest BCUT2D eigenvalue weighted by atomic mass is 32.1. The van der Waals surface area contributed by atoms with E-state index in [9.17, 15) is 9.59 Å². The van der Waals surface area contributed by atoms with Gasteiger partial charge in [-0.1, -0.05) is 60.7 Å². The third kappa shape index (κ3) is 8.31. The van der Waals surface area contributed by atoms with E-state index in [4.69, 9.17) is 0 Å². The number of rotatable bonds is 14. The van der Waals surface area contributed by atoms with E-state index >= 15 is 0 Å². The van der Waals surface area contributed by atoms with Gasteiger partial charge in [0, 0.05) is 47.3 Å². The van der Waals surface area contributed by atoms with E-state index in [0.29, 0.717) is 0 Å². The zero-order valence-electron chi connectivity index (χ0n) is 25.1. The van der Waals surface area contributed by atoms with E-state index in [-0.39, 0.29) is 0 Å². The summed E-state index contributed by atoms with van der Waals surface area (Å²) in [6.07, 6.45) is 10.1. The van der Waals surface area contributed by atoms with Crippen LogP contribution in [0.4, 0.5) is 11.4 Å². The first kappa shape index (κ1) is 30.9. The number of anilines is 2. The lowest BCUT2D eigenvalue weighted by Crippen LogP contribution is -2.23. The van der Waals surface area contributed by atoms with Gasteiger partial charge in [0.05, 0.1) is 9.75 Å². The third-order valence-corrected chi connectivity index (χ3v) is 9.38. The summed E-state index contributed by atoms with van der Waals surface area (Å²) in [4.78, 5) is 30.3. The van der Waals surface area contributed by atoms with Crippen LogP contribution in [0.5, 0.6) is 0 Å². The Bertz CT molecular complexity index is 1600. The molecule has 0 aliphatic rings. The van der Waals surface area contributed by atoms with Crippen LogP contribution in [0.25, 0.3) is 24.3 Å². The quantitative estimate of drug-likeness (QED) is 0.116. The van der Waals surface area contributed by atoms with Crippen LogP contribution >= 0.6 is 22.7 Å². The summed E-state index contributed by atoms with van der Waals surface area (Å²) in [5, 5.41) is 0. The van der Waals surface area contributed by atoms with E-state index in [1.165, 1.54) is 45.2 Å². The van der Waals surface area contributed by atoms with E-state index < -0.39 is 0 Å². The van der Waals surface area contributed by atoms with Crippen molar-refractivity contribution >= 4 is 70.9 Å². The van der Waals surface area contributed by atoms with Gasteiger partial charge < -0.3 is 9.80 Å². The second kappa shape index (κ2) is 15.3. The molecule has 0 unspecified atom stereocenters. The van der Waals surface area contributed by atoms with Crippen LogP contribution in [0.2, 0.25) is 0 Å². The molecule has 4 nitrogen and oxygen atoms in total. The van der Waals surface area contributed by atoms with Gasteiger partial charge in [-0.15, -0.1) is 22.7 Å². The molecule has 0 bridgehead atoms. The second-order valence-electron chi connectivity index (χ2n) is 10.4. The highest BCUT2D eigenvalue weighted by Crippen LogP contribution is 2.24. The molecule has 0 spiro atoms. The maximum Gasteiger partial charge on any atom is 0.160 e. The molecular weight excluding hydrogens is 581 g/mol. The van der Waals surface area contributed by atoms with Crippen molar-refractivity contribution in [3.8, 4) is 0 Å². The number of nitrogens with zero attached hydrogens (tertiary/aromatic N) is 2. The van der Waals surface area contributed by atoms with Gasteiger partial charge >= 0.3 is 0 Å². The van der Waals surface area contributed by atoms with Crippen LogP contribution in [0, 0.1) is 0 Å². The molecule has 0 atom stereocenters. The van der Waals surface area contributed by atoms with E-state index in [2.05, 4.69) is 121 Å². The number of carbonyl (C=O) groups excluding carboxylic acids is 2. The Kier molecular flexibility index (Phi) is 10.7. The molecule has 0 aliphatic carbocycles. The fourth-order valence-electron chi connectivity index (χ4n) is 5.03. The number of hydrogen-bond acceptors (Lipinski definition) is 6. The Morgan fingerprint density at radius 2 is 0.932 bits per heavy atom. The van der Waals surface area contributed by atoms with Crippen molar-refractivity contribution in [2.75, 3.05) is 22.9 Å². The summed E-state index contributed by atoms with van der Waals surface area (Å²) in [6.45, 7) is 7.90. The van der Waals surface area contributed by atoms with Crippen LogP contribution in [0.15, 0.2) is 97.1 Å². The average molecular weight is 617 g/mol. The first-order valence-corrected chi connectivity index (χ1v) is 16.4. The predicted molar refractivity (Wildman–Crippen MR) is 190 cm³/mol. The Morgan fingerprint density at radius 1 is 0.523 bits per heavy atom. The van der Waals surface area contributed by atoms with Crippen molar-refractivity contribution in [1.82, 2.24) is 0 Å². The summed E-state index contributed by atoms with van der Waals surface area (Å²) < 4.78 is 0. The third-order valence-electron chi connectivity index (χ3n) is 7.43. The van der Waals surface area contributed by atoms with Gasteiger partial charge in [-0.05, 0) is 96.8 Å². The maximum absolute atomic E-state index is 10.9. The summed E-state index contributed by atoms with van der Waals surface area (Å²) in [5.74, 6) is 0. The average Bonchev–Trinajstić information content (AvgIpc) is 3.74. The highest BCUT2D eigenvalue weighted by Gasteiger charge is 2.09. The van der Waals surface area contributed by atoms with E-state index in [0.717, 1.165) is 69.4 Å². The van der Waals surface area contributed by atoms with Crippen molar-refractivity contribution in [3.63, 3.8) is 0 Å². The number of benzene rings is 3. The molecule has 44 heavy (non-hydrogen) atoms. The topological polar surface area (TPSA) is 40.6 Å². The monoisotopic (exact) mass is 616 g/mol. The Hall–Kier alpha value is -4.52. The van der Waals surface area contributed by atoms with Crippen molar-refractivity contribution in [3.05, 3.63) is 139 Å². The number of thiophene rings is 2. The fourth-order valence-corrected chi connectivity index (χ4v) is 6.49. The molecule has 3 aromatic carbocycles. The lowest BCUT2D eigenvalue weighted by atomic mass is 10.1. The highest BCUT2D eigenvalue weighted by molar-refractivity contribution is 7.14. The molecule has 0 radical (unpaired) electrons. The molecule has 0 fully saturated rings. The molecule has 0 aliphatic heterocycles. The van der Waals surface area contributed by atoms with Crippen LogP contribution in [0.1, 0.15) is 65.2 Å². The Morgan fingerprint density at radius 3 is 1.30 bits per heavy atom. The van der Waals surface area contributed by atoms with Gasteiger partial charge in [-0.25, -0.2) is 0 Å². The maximum atomic E-state index is 10.9.